The van der Waals surface area contributed by atoms with E-state index in [0.29, 0.717) is 25.2 Å². The van der Waals surface area contributed by atoms with Crippen molar-refractivity contribution >= 4 is 17.7 Å². The molecule has 6 nitrogen and oxygen atoms in total. The van der Waals surface area contributed by atoms with Crippen LogP contribution in [0.1, 0.15) is 25.1 Å². The van der Waals surface area contributed by atoms with E-state index in [1.807, 2.05) is 35.2 Å². The number of benzene rings is 2. The quantitative estimate of drug-likeness (QED) is 0.569. The van der Waals surface area contributed by atoms with E-state index >= 15 is 0 Å². The number of nitrogens with one attached hydrogen (secondary N) is 1. The maximum absolute atomic E-state index is 14.2. The summed E-state index contributed by atoms with van der Waals surface area (Å²) in [6.45, 7) is 1.39. The van der Waals surface area contributed by atoms with Gasteiger partial charge in [-0.3, -0.25) is 4.79 Å². The van der Waals surface area contributed by atoms with Crippen LogP contribution in [0, 0.1) is 11.7 Å². The molecular formula is C23H25FN4O2S. The molecule has 1 saturated heterocycles. The number of amides is 1. The Morgan fingerprint density at radius 1 is 1.16 bits per heavy atom. The summed E-state index contributed by atoms with van der Waals surface area (Å²) in [7, 11) is 0. The van der Waals surface area contributed by atoms with Gasteiger partial charge in [0.25, 0.3) is 0 Å². The zero-order chi connectivity index (χ0) is 21.6. The van der Waals surface area contributed by atoms with E-state index in [9.17, 15) is 14.0 Å². The third-order valence-corrected chi connectivity index (χ3v) is 6.52. The third-order valence-electron chi connectivity index (χ3n) is 5.51. The molecule has 4 rings (SSSR count). The smallest absolute Gasteiger partial charge is 0.342 e. The van der Waals surface area contributed by atoms with Crippen LogP contribution in [-0.4, -0.2) is 44.4 Å². The first-order valence-electron chi connectivity index (χ1n) is 10.5. The van der Waals surface area contributed by atoms with E-state index in [2.05, 4.69) is 10.2 Å². The second-order valence-electron chi connectivity index (χ2n) is 7.70. The molecule has 1 amide bonds. The van der Waals surface area contributed by atoms with E-state index in [4.69, 9.17) is 0 Å². The van der Waals surface area contributed by atoms with Gasteiger partial charge in [-0.1, -0.05) is 30.3 Å². The van der Waals surface area contributed by atoms with Crippen LogP contribution in [0.4, 0.5) is 4.39 Å². The molecular weight excluding hydrogens is 415 g/mol. The fourth-order valence-corrected chi connectivity index (χ4v) is 4.86. The Balaban J connectivity index is 1.37. The van der Waals surface area contributed by atoms with E-state index in [0.717, 1.165) is 30.0 Å². The summed E-state index contributed by atoms with van der Waals surface area (Å²) in [4.78, 5) is 28.0. The van der Waals surface area contributed by atoms with Crippen molar-refractivity contribution in [2.24, 2.45) is 5.92 Å². The molecule has 2 heterocycles. The number of H-pyrrole nitrogens is 1. The molecule has 0 spiro atoms. The van der Waals surface area contributed by atoms with Gasteiger partial charge < -0.3 is 4.90 Å². The molecule has 1 unspecified atom stereocenters. The number of carbonyl (C=O) groups excluding carboxylic acids is 1. The van der Waals surface area contributed by atoms with Crippen molar-refractivity contribution in [3.05, 3.63) is 76.7 Å². The summed E-state index contributed by atoms with van der Waals surface area (Å²) in [6, 6.07) is 16.2. The Bertz CT molecular complexity index is 1080. The van der Waals surface area contributed by atoms with Crippen molar-refractivity contribution < 1.29 is 9.18 Å². The molecule has 0 bridgehead atoms. The van der Waals surface area contributed by atoms with Gasteiger partial charge in [0.05, 0.1) is 5.69 Å². The van der Waals surface area contributed by atoms with Crippen molar-refractivity contribution in [2.45, 2.75) is 30.6 Å². The molecule has 1 aliphatic heterocycles. The standard InChI is InChI=1S/C23H25FN4O2S/c24-19-10-4-5-11-20(19)28-21(25-26-23(28)30)15-17-7-6-13-27(16-17)22(29)12-14-31-18-8-2-1-3-9-18/h1-5,8-11,17H,6-7,12-16H2,(H,26,30). The lowest BCUT2D eigenvalue weighted by Crippen LogP contribution is -2.41. The minimum absolute atomic E-state index is 0.154. The number of rotatable bonds is 7. The maximum Gasteiger partial charge on any atom is 0.348 e. The largest absolute Gasteiger partial charge is 0.348 e. The number of para-hydroxylation sites is 1. The van der Waals surface area contributed by atoms with Gasteiger partial charge in [0.1, 0.15) is 11.6 Å². The number of halogens is 1. The van der Waals surface area contributed by atoms with Gasteiger partial charge in [-0.2, -0.15) is 5.10 Å². The van der Waals surface area contributed by atoms with Crippen molar-refractivity contribution in [3.63, 3.8) is 0 Å². The van der Waals surface area contributed by atoms with Crippen molar-refractivity contribution in [1.82, 2.24) is 19.7 Å². The number of likely N-dealkylation sites (tertiary alicyclic amines) is 1. The summed E-state index contributed by atoms with van der Waals surface area (Å²) in [5.74, 6) is 1.11. The highest BCUT2D eigenvalue weighted by molar-refractivity contribution is 7.99. The van der Waals surface area contributed by atoms with Crippen molar-refractivity contribution in [3.8, 4) is 5.69 Å². The molecule has 1 aromatic heterocycles. The van der Waals surface area contributed by atoms with Gasteiger partial charge in [0.2, 0.25) is 5.91 Å². The Labute approximate surface area is 184 Å². The number of thioether (sulfide) groups is 1. The Kier molecular flexibility index (Phi) is 6.86. The van der Waals surface area contributed by atoms with Crippen LogP contribution in [0.3, 0.4) is 0 Å². The second kappa shape index (κ2) is 9.96. The van der Waals surface area contributed by atoms with Crippen LogP contribution in [0.5, 0.6) is 0 Å². The van der Waals surface area contributed by atoms with E-state index in [-0.39, 0.29) is 17.5 Å². The highest BCUT2D eigenvalue weighted by Crippen LogP contribution is 2.23. The second-order valence-corrected chi connectivity index (χ2v) is 8.86. The molecule has 0 saturated carbocycles. The third kappa shape index (κ3) is 5.25. The summed E-state index contributed by atoms with van der Waals surface area (Å²) in [5, 5.41) is 6.57. The Hall–Kier alpha value is -2.87. The first-order chi connectivity index (χ1) is 15.1. The molecule has 162 valence electrons. The molecule has 31 heavy (non-hydrogen) atoms. The molecule has 3 aromatic rings. The summed E-state index contributed by atoms with van der Waals surface area (Å²) in [5.41, 5.74) is -0.264. The molecule has 1 aliphatic rings. The van der Waals surface area contributed by atoms with Gasteiger partial charge >= 0.3 is 5.69 Å². The topological polar surface area (TPSA) is 71.0 Å². The minimum atomic E-state index is -0.469. The number of piperidine rings is 1. The van der Waals surface area contributed by atoms with Crippen LogP contribution in [0.15, 0.2) is 64.3 Å². The average molecular weight is 441 g/mol. The highest BCUT2D eigenvalue weighted by Gasteiger charge is 2.26. The number of aromatic nitrogens is 3. The first kappa shape index (κ1) is 21.4. The predicted molar refractivity (Wildman–Crippen MR) is 119 cm³/mol. The first-order valence-corrected chi connectivity index (χ1v) is 11.5. The van der Waals surface area contributed by atoms with Gasteiger partial charge in [-0.25, -0.2) is 18.9 Å². The molecule has 1 N–H and O–H groups in total. The number of nitrogens with zero attached hydrogens (tertiary/aromatic N) is 3. The lowest BCUT2D eigenvalue weighted by atomic mass is 9.94. The molecule has 0 radical (unpaired) electrons. The number of hydrogen-bond acceptors (Lipinski definition) is 4. The van der Waals surface area contributed by atoms with Crippen LogP contribution in [-0.2, 0) is 11.2 Å². The molecule has 2 aromatic carbocycles. The van der Waals surface area contributed by atoms with Crippen LogP contribution in [0.25, 0.3) is 5.69 Å². The number of aromatic amines is 1. The summed E-state index contributed by atoms with van der Waals surface area (Å²) in [6.07, 6.45) is 2.86. The monoisotopic (exact) mass is 440 g/mol. The van der Waals surface area contributed by atoms with E-state index in [1.54, 1.807) is 30.0 Å². The Morgan fingerprint density at radius 2 is 1.94 bits per heavy atom. The number of hydrogen-bond donors (Lipinski definition) is 1. The number of carbonyl (C=O) groups is 1. The Morgan fingerprint density at radius 3 is 2.74 bits per heavy atom. The van der Waals surface area contributed by atoms with Gasteiger partial charge in [-0.05, 0) is 43.0 Å². The lowest BCUT2D eigenvalue weighted by molar-refractivity contribution is -0.132. The summed E-state index contributed by atoms with van der Waals surface area (Å²) >= 11 is 1.68. The molecule has 8 heteroatoms. The van der Waals surface area contributed by atoms with Crippen LogP contribution < -0.4 is 5.69 Å². The van der Waals surface area contributed by atoms with Gasteiger partial charge in [-0.15, -0.1) is 11.8 Å². The van der Waals surface area contributed by atoms with E-state index < -0.39 is 11.5 Å². The highest BCUT2D eigenvalue weighted by atomic mass is 32.2. The molecule has 1 fully saturated rings. The lowest BCUT2D eigenvalue weighted by Gasteiger charge is -2.32. The minimum Gasteiger partial charge on any atom is -0.342 e. The zero-order valence-electron chi connectivity index (χ0n) is 17.2. The summed E-state index contributed by atoms with van der Waals surface area (Å²) < 4.78 is 15.5. The maximum atomic E-state index is 14.2. The normalized spacial score (nSPS) is 16.4. The molecule has 1 atom stereocenters. The van der Waals surface area contributed by atoms with Gasteiger partial charge in [0, 0.05) is 36.6 Å². The zero-order valence-corrected chi connectivity index (χ0v) is 18.0. The van der Waals surface area contributed by atoms with Crippen LogP contribution in [0.2, 0.25) is 0 Å². The fraction of sp³-hybridized carbons (Fsp3) is 0.348. The molecule has 0 aliphatic carbocycles. The van der Waals surface area contributed by atoms with Crippen molar-refractivity contribution in [1.29, 1.82) is 0 Å². The SMILES string of the molecule is O=C(CCSc1ccccc1)N1CCCC(Cc2n[nH]c(=O)n2-c2ccccc2F)C1. The van der Waals surface area contributed by atoms with E-state index in [1.165, 1.54) is 10.6 Å². The fourth-order valence-electron chi connectivity index (χ4n) is 4.00. The predicted octanol–water partition coefficient (Wildman–Crippen LogP) is 3.66. The average Bonchev–Trinajstić information content (AvgIpc) is 3.14. The van der Waals surface area contributed by atoms with Gasteiger partial charge in [0.15, 0.2) is 0 Å². The van der Waals surface area contributed by atoms with Crippen LogP contribution >= 0.6 is 11.8 Å². The van der Waals surface area contributed by atoms with Crippen molar-refractivity contribution in [2.75, 3.05) is 18.8 Å².